The molecule has 3 heterocycles. The van der Waals surface area contributed by atoms with Gasteiger partial charge in [-0.05, 0) is 30.7 Å². The minimum Gasteiger partial charge on any atom is -0.461 e. The van der Waals surface area contributed by atoms with Gasteiger partial charge in [0.05, 0.1) is 12.8 Å². The van der Waals surface area contributed by atoms with E-state index in [4.69, 9.17) is 8.94 Å². The molecule has 0 N–H and O–H groups in total. The van der Waals surface area contributed by atoms with Gasteiger partial charge in [-0.2, -0.15) is 4.98 Å². The Hall–Kier alpha value is -2.93. The summed E-state index contributed by atoms with van der Waals surface area (Å²) in [4.78, 5) is 21.1. The monoisotopic (exact) mass is 352 g/mol. The van der Waals surface area contributed by atoms with Gasteiger partial charge in [-0.15, -0.1) is 0 Å². The summed E-state index contributed by atoms with van der Waals surface area (Å²) in [6.07, 6.45) is 2.50. The van der Waals surface area contributed by atoms with Crippen molar-refractivity contribution in [3.63, 3.8) is 0 Å². The van der Waals surface area contributed by atoms with Gasteiger partial charge in [-0.25, -0.2) is 0 Å². The van der Waals surface area contributed by atoms with Crippen LogP contribution >= 0.6 is 0 Å². The first kappa shape index (κ1) is 16.5. The van der Waals surface area contributed by atoms with Crippen LogP contribution in [0, 0.1) is 0 Å². The average Bonchev–Trinajstić information content (AvgIpc) is 3.31. The number of aromatic nitrogens is 2. The molecular formula is C19H20N4O3. The van der Waals surface area contributed by atoms with E-state index in [9.17, 15) is 4.79 Å². The zero-order valence-electron chi connectivity index (χ0n) is 14.4. The quantitative estimate of drug-likeness (QED) is 0.719. The van der Waals surface area contributed by atoms with Gasteiger partial charge >= 0.3 is 0 Å². The number of hydrogen-bond acceptors (Lipinski definition) is 6. The van der Waals surface area contributed by atoms with Crippen molar-refractivity contribution in [2.24, 2.45) is 0 Å². The molecule has 0 radical (unpaired) electrons. The van der Waals surface area contributed by atoms with Crippen LogP contribution < -0.4 is 0 Å². The lowest BCUT2D eigenvalue weighted by atomic mass is 10.2. The zero-order valence-corrected chi connectivity index (χ0v) is 14.4. The van der Waals surface area contributed by atoms with Gasteiger partial charge in [0.2, 0.25) is 11.7 Å². The first-order chi connectivity index (χ1) is 12.8. The second-order valence-electron chi connectivity index (χ2n) is 6.28. The fourth-order valence-corrected chi connectivity index (χ4v) is 3.11. The predicted octanol–water partition coefficient (Wildman–Crippen LogP) is 2.68. The Labute approximate surface area is 151 Å². The van der Waals surface area contributed by atoms with Crippen molar-refractivity contribution >= 4 is 5.91 Å². The minimum atomic E-state index is 0.0883. The Morgan fingerprint density at radius 2 is 1.92 bits per heavy atom. The summed E-state index contributed by atoms with van der Waals surface area (Å²) in [6.45, 7) is 3.67. The van der Waals surface area contributed by atoms with Crippen molar-refractivity contribution in [2.45, 2.75) is 13.0 Å². The molecule has 4 rings (SSSR count). The summed E-state index contributed by atoms with van der Waals surface area (Å²) in [6, 6.07) is 13.0. The fraction of sp³-hybridized carbons (Fsp3) is 0.316. The highest BCUT2D eigenvalue weighted by Crippen LogP contribution is 2.17. The van der Waals surface area contributed by atoms with Crippen LogP contribution in [0.4, 0.5) is 0 Å². The highest BCUT2D eigenvalue weighted by atomic mass is 16.5. The number of furan rings is 1. The number of nitrogens with zero attached hydrogens (tertiary/aromatic N) is 4. The first-order valence-corrected chi connectivity index (χ1v) is 8.73. The van der Waals surface area contributed by atoms with Crippen LogP contribution in [0.3, 0.4) is 0 Å². The number of rotatable bonds is 4. The number of carbonyl (C=O) groups is 1. The lowest BCUT2D eigenvalue weighted by Gasteiger charge is -2.21. The molecule has 1 aliphatic heterocycles. The Morgan fingerprint density at radius 3 is 2.73 bits per heavy atom. The topological polar surface area (TPSA) is 75.6 Å². The van der Waals surface area contributed by atoms with Gasteiger partial charge in [-0.3, -0.25) is 9.69 Å². The zero-order chi connectivity index (χ0) is 17.8. The Kier molecular flexibility index (Phi) is 4.79. The third-order valence-electron chi connectivity index (χ3n) is 4.46. The molecule has 1 fully saturated rings. The van der Waals surface area contributed by atoms with Crippen molar-refractivity contribution in [1.82, 2.24) is 19.9 Å². The largest absolute Gasteiger partial charge is 0.461 e. The molecule has 1 aliphatic rings. The third-order valence-corrected chi connectivity index (χ3v) is 4.46. The van der Waals surface area contributed by atoms with E-state index in [-0.39, 0.29) is 5.91 Å². The molecule has 1 aromatic carbocycles. The summed E-state index contributed by atoms with van der Waals surface area (Å²) in [5.41, 5.74) is 0.737. The van der Waals surface area contributed by atoms with E-state index < -0.39 is 0 Å². The van der Waals surface area contributed by atoms with E-state index in [1.54, 1.807) is 18.4 Å². The Morgan fingerprint density at radius 1 is 1.04 bits per heavy atom. The molecule has 0 bridgehead atoms. The predicted molar refractivity (Wildman–Crippen MR) is 94.2 cm³/mol. The maximum Gasteiger partial charge on any atom is 0.253 e. The molecule has 134 valence electrons. The number of benzene rings is 1. The standard InChI is InChI=1S/C19H20N4O3/c24-19(15-6-2-1-3-7-15)23-10-5-9-22(11-12-23)14-17-20-18(21-26-17)16-8-4-13-25-16/h1-4,6-8,13H,5,9-12,14H2. The van der Waals surface area contributed by atoms with Crippen LogP contribution in [0.1, 0.15) is 22.7 Å². The van der Waals surface area contributed by atoms with E-state index in [1.165, 1.54) is 0 Å². The molecule has 1 amide bonds. The first-order valence-electron chi connectivity index (χ1n) is 8.73. The third kappa shape index (κ3) is 3.67. The lowest BCUT2D eigenvalue weighted by molar-refractivity contribution is 0.0760. The molecule has 7 nitrogen and oxygen atoms in total. The average molecular weight is 352 g/mol. The maximum atomic E-state index is 12.6. The van der Waals surface area contributed by atoms with Gasteiger partial charge in [0.1, 0.15) is 0 Å². The molecule has 0 atom stereocenters. The summed E-state index contributed by atoms with van der Waals surface area (Å²) in [7, 11) is 0. The SMILES string of the molecule is O=C(c1ccccc1)N1CCCN(Cc2nc(-c3ccco3)no2)CC1. The molecule has 0 saturated carbocycles. The van der Waals surface area contributed by atoms with E-state index in [0.29, 0.717) is 30.6 Å². The molecule has 2 aromatic heterocycles. The highest BCUT2D eigenvalue weighted by molar-refractivity contribution is 5.94. The van der Waals surface area contributed by atoms with Crippen LogP contribution in [-0.4, -0.2) is 52.0 Å². The summed E-state index contributed by atoms with van der Waals surface area (Å²) >= 11 is 0. The van der Waals surface area contributed by atoms with Gasteiger partial charge in [0.15, 0.2) is 5.76 Å². The van der Waals surface area contributed by atoms with E-state index in [0.717, 1.165) is 31.6 Å². The van der Waals surface area contributed by atoms with Gasteiger partial charge in [-0.1, -0.05) is 23.4 Å². The van der Waals surface area contributed by atoms with Crippen LogP contribution in [0.5, 0.6) is 0 Å². The van der Waals surface area contributed by atoms with E-state index in [1.807, 2.05) is 35.2 Å². The molecular weight excluding hydrogens is 332 g/mol. The van der Waals surface area contributed by atoms with E-state index >= 15 is 0 Å². The van der Waals surface area contributed by atoms with Gasteiger partial charge in [0.25, 0.3) is 5.91 Å². The summed E-state index contributed by atoms with van der Waals surface area (Å²) in [5, 5.41) is 3.96. The smallest absolute Gasteiger partial charge is 0.253 e. The second kappa shape index (κ2) is 7.53. The van der Waals surface area contributed by atoms with Crippen LogP contribution in [0.25, 0.3) is 11.6 Å². The highest BCUT2D eigenvalue weighted by Gasteiger charge is 2.21. The number of hydrogen-bond donors (Lipinski definition) is 0. The molecule has 0 spiro atoms. The van der Waals surface area contributed by atoms with Crippen molar-refractivity contribution in [3.05, 3.63) is 60.2 Å². The van der Waals surface area contributed by atoms with Crippen LogP contribution in [0.15, 0.2) is 57.7 Å². The molecule has 0 unspecified atom stereocenters. The Balaban J connectivity index is 1.36. The minimum absolute atomic E-state index is 0.0883. The molecule has 7 heteroatoms. The van der Waals surface area contributed by atoms with Crippen LogP contribution in [-0.2, 0) is 6.54 Å². The maximum absolute atomic E-state index is 12.6. The molecule has 3 aromatic rings. The number of carbonyl (C=O) groups excluding carboxylic acids is 1. The van der Waals surface area contributed by atoms with Crippen molar-refractivity contribution < 1.29 is 13.7 Å². The van der Waals surface area contributed by atoms with Gasteiger partial charge in [0, 0.05) is 31.7 Å². The Bertz CT molecular complexity index is 845. The van der Waals surface area contributed by atoms with Crippen molar-refractivity contribution in [2.75, 3.05) is 26.2 Å². The van der Waals surface area contributed by atoms with Crippen molar-refractivity contribution in [3.8, 4) is 11.6 Å². The van der Waals surface area contributed by atoms with Gasteiger partial charge < -0.3 is 13.8 Å². The van der Waals surface area contributed by atoms with Crippen LogP contribution in [0.2, 0.25) is 0 Å². The fourth-order valence-electron chi connectivity index (χ4n) is 3.11. The second-order valence-corrected chi connectivity index (χ2v) is 6.28. The molecule has 26 heavy (non-hydrogen) atoms. The van der Waals surface area contributed by atoms with Crippen molar-refractivity contribution in [1.29, 1.82) is 0 Å². The van der Waals surface area contributed by atoms with E-state index in [2.05, 4.69) is 15.0 Å². The molecule has 0 aliphatic carbocycles. The summed E-state index contributed by atoms with van der Waals surface area (Å²) in [5.74, 6) is 1.70. The number of amides is 1. The lowest BCUT2D eigenvalue weighted by Crippen LogP contribution is -2.35. The summed E-state index contributed by atoms with van der Waals surface area (Å²) < 4.78 is 10.6. The normalized spacial score (nSPS) is 15.8. The molecule has 1 saturated heterocycles.